The molecule has 0 aromatic rings. The molecule has 0 heterocycles. The molecule has 0 spiro atoms. The Bertz CT molecular complexity index is 308. The minimum atomic E-state index is 0.487. The van der Waals surface area contributed by atoms with E-state index in [0.29, 0.717) is 5.41 Å². The van der Waals surface area contributed by atoms with Crippen molar-refractivity contribution in [1.82, 2.24) is 0 Å². The minimum absolute atomic E-state index is 0.487. The topological polar surface area (TPSA) is 0 Å². The number of hydrogen-bond acceptors (Lipinski definition) is 0. The van der Waals surface area contributed by atoms with Crippen molar-refractivity contribution < 1.29 is 0 Å². The molecule has 0 amide bonds. The molecule has 0 nitrogen and oxygen atoms in total. The van der Waals surface area contributed by atoms with Gasteiger partial charge in [-0.05, 0) is 37.5 Å². The Hall–Kier alpha value is -0.520. The van der Waals surface area contributed by atoms with Crippen molar-refractivity contribution in [2.75, 3.05) is 0 Å². The molecule has 70 valence electrons. The Labute approximate surface area is 80.7 Å². The second-order valence-electron chi connectivity index (χ2n) is 5.20. The monoisotopic (exact) mass is 174 g/mol. The van der Waals surface area contributed by atoms with Crippen LogP contribution in [0.5, 0.6) is 0 Å². The van der Waals surface area contributed by atoms with Crippen molar-refractivity contribution in [3.8, 4) is 0 Å². The van der Waals surface area contributed by atoms with Crippen molar-refractivity contribution in [2.45, 2.75) is 39.5 Å². The van der Waals surface area contributed by atoms with Crippen LogP contribution in [0.15, 0.2) is 23.3 Å². The molecular formula is C13H18. The van der Waals surface area contributed by atoms with Gasteiger partial charge in [0.05, 0.1) is 0 Å². The summed E-state index contributed by atoms with van der Waals surface area (Å²) in [5.74, 6) is 1.81. The van der Waals surface area contributed by atoms with E-state index in [1.807, 2.05) is 0 Å². The average Bonchev–Trinajstić information content (AvgIpc) is 2.30. The summed E-state index contributed by atoms with van der Waals surface area (Å²) in [5, 5.41) is 0. The van der Waals surface area contributed by atoms with Crippen LogP contribution in [0.3, 0.4) is 0 Å². The van der Waals surface area contributed by atoms with E-state index in [9.17, 15) is 0 Å². The van der Waals surface area contributed by atoms with E-state index in [2.05, 4.69) is 26.0 Å². The summed E-state index contributed by atoms with van der Waals surface area (Å²) in [4.78, 5) is 0. The van der Waals surface area contributed by atoms with Crippen LogP contribution in [0.4, 0.5) is 0 Å². The summed E-state index contributed by atoms with van der Waals surface area (Å²) in [6.07, 6.45) is 10.5. The molecule has 0 N–H and O–H groups in total. The molecule has 0 aromatic carbocycles. The Balaban J connectivity index is 2.12. The highest BCUT2D eigenvalue weighted by molar-refractivity contribution is 5.42. The van der Waals surface area contributed by atoms with Crippen LogP contribution in [0.25, 0.3) is 0 Å². The van der Waals surface area contributed by atoms with Crippen LogP contribution in [0, 0.1) is 17.3 Å². The molecule has 0 saturated heterocycles. The second kappa shape index (κ2) is 2.29. The van der Waals surface area contributed by atoms with Gasteiger partial charge in [0.15, 0.2) is 0 Å². The van der Waals surface area contributed by atoms with Crippen LogP contribution in [-0.4, -0.2) is 0 Å². The number of fused-ring (bicyclic) bond motifs is 3. The molecule has 1 saturated carbocycles. The van der Waals surface area contributed by atoms with Crippen molar-refractivity contribution in [3.63, 3.8) is 0 Å². The highest BCUT2D eigenvalue weighted by Gasteiger charge is 2.48. The standard InChI is InChI=1S/C13H18/c1-9-3-6-11-7-4-10-5-8-12(10)13(9,11)2/h7-10H,3-6H2,1-2H3/t9-,10?,13+/m0/s1. The van der Waals surface area contributed by atoms with Crippen molar-refractivity contribution in [2.24, 2.45) is 17.3 Å². The third-order valence-corrected chi connectivity index (χ3v) is 4.81. The van der Waals surface area contributed by atoms with Gasteiger partial charge in [0, 0.05) is 5.41 Å². The van der Waals surface area contributed by atoms with Gasteiger partial charge in [-0.1, -0.05) is 37.1 Å². The van der Waals surface area contributed by atoms with E-state index < -0.39 is 0 Å². The second-order valence-corrected chi connectivity index (χ2v) is 5.20. The van der Waals surface area contributed by atoms with Gasteiger partial charge < -0.3 is 0 Å². The first kappa shape index (κ1) is 7.84. The molecule has 3 rings (SSSR count). The maximum absolute atomic E-state index is 2.55. The molecule has 1 unspecified atom stereocenters. The molecular weight excluding hydrogens is 156 g/mol. The fraction of sp³-hybridized carbons (Fsp3) is 0.692. The molecule has 0 radical (unpaired) electrons. The van der Waals surface area contributed by atoms with Gasteiger partial charge in [-0.3, -0.25) is 0 Å². The molecule has 0 aromatic heterocycles. The molecule has 3 aliphatic carbocycles. The third kappa shape index (κ3) is 0.775. The van der Waals surface area contributed by atoms with Crippen LogP contribution in [-0.2, 0) is 0 Å². The molecule has 13 heavy (non-hydrogen) atoms. The van der Waals surface area contributed by atoms with Crippen LogP contribution in [0.1, 0.15) is 39.5 Å². The zero-order valence-corrected chi connectivity index (χ0v) is 8.64. The molecule has 1 fully saturated rings. The largest absolute Gasteiger partial charge is 0.0838 e. The van der Waals surface area contributed by atoms with Gasteiger partial charge in [-0.25, -0.2) is 0 Å². The minimum Gasteiger partial charge on any atom is -0.0838 e. The zero-order chi connectivity index (χ0) is 9.05. The molecule has 3 aliphatic rings. The van der Waals surface area contributed by atoms with Crippen LogP contribution >= 0.6 is 0 Å². The van der Waals surface area contributed by atoms with Crippen molar-refractivity contribution in [3.05, 3.63) is 23.3 Å². The fourth-order valence-electron chi connectivity index (χ4n) is 3.57. The van der Waals surface area contributed by atoms with E-state index in [0.717, 1.165) is 11.8 Å². The Morgan fingerprint density at radius 2 is 2.08 bits per heavy atom. The number of rotatable bonds is 0. The maximum atomic E-state index is 2.55. The number of hydrogen-bond donors (Lipinski definition) is 0. The van der Waals surface area contributed by atoms with Crippen LogP contribution < -0.4 is 0 Å². The molecule has 3 atom stereocenters. The van der Waals surface area contributed by atoms with Crippen molar-refractivity contribution in [1.29, 1.82) is 0 Å². The molecule has 0 bridgehead atoms. The van der Waals surface area contributed by atoms with Gasteiger partial charge in [0.2, 0.25) is 0 Å². The van der Waals surface area contributed by atoms with E-state index >= 15 is 0 Å². The van der Waals surface area contributed by atoms with E-state index in [1.54, 1.807) is 11.1 Å². The third-order valence-electron chi connectivity index (χ3n) is 4.81. The first-order valence-electron chi connectivity index (χ1n) is 5.63. The Kier molecular flexibility index (Phi) is 1.38. The smallest absolute Gasteiger partial charge is 0.0121 e. The quantitative estimate of drug-likeness (QED) is 0.491. The summed E-state index contributed by atoms with van der Waals surface area (Å²) in [6.45, 7) is 4.91. The lowest BCUT2D eigenvalue weighted by Gasteiger charge is -2.46. The summed E-state index contributed by atoms with van der Waals surface area (Å²) in [5.41, 5.74) is 4.03. The lowest BCUT2D eigenvalue weighted by Crippen LogP contribution is -2.35. The first-order valence-corrected chi connectivity index (χ1v) is 5.63. The van der Waals surface area contributed by atoms with E-state index in [-0.39, 0.29) is 0 Å². The number of allylic oxidation sites excluding steroid dienone is 4. The summed E-state index contributed by atoms with van der Waals surface area (Å²) < 4.78 is 0. The maximum Gasteiger partial charge on any atom is 0.0121 e. The Morgan fingerprint density at radius 1 is 1.31 bits per heavy atom. The fourth-order valence-corrected chi connectivity index (χ4v) is 3.57. The van der Waals surface area contributed by atoms with Gasteiger partial charge in [0.25, 0.3) is 0 Å². The van der Waals surface area contributed by atoms with Gasteiger partial charge >= 0.3 is 0 Å². The summed E-state index contributed by atoms with van der Waals surface area (Å²) in [6, 6.07) is 0. The highest BCUT2D eigenvalue weighted by Crippen LogP contribution is 2.60. The lowest BCUT2D eigenvalue weighted by molar-refractivity contribution is 0.287. The van der Waals surface area contributed by atoms with Crippen LogP contribution in [0.2, 0.25) is 0 Å². The predicted octanol–water partition coefficient (Wildman–Crippen LogP) is 3.70. The predicted molar refractivity (Wildman–Crippen MR) is 55.4 cm³/mol. The lowest BCUT2D eigenvalue weighted by atomic mass is 9.59. The average molecular weight is 174 g/mol. The SMILES string of the molecule is C[C@H]1CCC2=CCC3CC=C3[C@@]21C. The zero-order valence-electron chi connectivity index (χ0n) is 8.64. The summed E-state index contributed by atoms with van der Waals surface area (Å²) in [7, 11) is 0. The molecule has 0 aliphatic heterocycles. The summed E-state index contributed by atoms with van der Waals surface area (Å²) >= 11 is 0. The Morgan fingerprint density at radius 3 is 2.77 bits per heavy atom. The molecule has 0 heteroatoms. The van der Waals surface area contributed by atoms with Gasteiger partial charge in [0.1, 0.15) is 0 Å². The van der Waals surface area contributed by atoms with Gasteiger partial charge in [-0.2, -0.15) is 0 Å². The van der Waals surface area contributed by atoms with Gasteiger partial charge in [-0.15, -0.1) is 0 Å². The van der Waals surface area contributed by atoms with Crippen molar-refractivity contribution >= 4 is 0 Å². The van der Waals surface area contributed by atoms with E-state index in [1.165, 1.54) is 25.7 Å². The van der Waals surface area contributed by atoms with E-state index in [4.69, 9.17) is 0 Å². The first-order chi connectivity index (χ1) is 6.23. The normalized spacial score (nSPS) is 47.2. The highest BCUT2D eigenvalue weighted by atomic mass is 14.5.